The first-order valence-electron chi connectivity index (χ1n) is 4.53. The maximum atomic E-state index is 11.9. The van der Waals surface area contributed by atoms with E-state index in [1.165, 1.54) is 12.1 Å². The van der Waals surface area contributed by atoms with Gasteiger partial charge >= 0.3 is 6.09 Å². The number of hydrogen-bond acceptors (Lipinski definition) is 3. The molecule has 2 N–H and O–H groups in total. The van der Waals surface area contributed by atoms with Crippen LogP contribution in [0.15, 0.2) is 34.1 Å². The van der Waals surface area contributed by atoms with E-state index in [9.17, 15) is 13.2 Å². The van der Waals surface area contributed by atoms with E-state index in [4.69, 9.17) is 5.11 Å². The van der Waals surface area contributed by atoms with Crippen LogP contribution in [0, 0.1) is 0 Å². The molecule has 6 heteroatoms. The predicted octanol–water partition coefficient (Wildman–Crippen LogP) is 1.08. The van der Waals surface area contributed by atoms with E-state index in [2.05, 4.69) is 0 Å². The van der Waals surface area contributed by atoms with Gasteiger partial charge in [0.1, 0.15) is 0 Å². The molecular weight excluding hydrogens is 230 g/mol. The Kier molecular flexibility index (Phi) is 2.43. The molecule has 1 amide bonds. The maximum absolute atomic E-state index is 11.9. The van der Waals surface area contributed by atoms with E-state index in [1.807, 2.05) is 5.32 Å². The molecule has 0 bridgehead atoms. The van der Waals surface area contributed by atoms with Crippen LogP contribution in [0.2, 0.25) is 0 Å². The van der Waals surface area contributed by atoms with Gasteiger partial charge in [0, 0.05) is 0 Å². The molecule has 0 saturated carbocycles. The molecule has 0 radical (unpaired) electrons. The van der Waals surface area contributed by atoms with Crippen molar-refractivity contribution in [3.8, 4) is 0 Å². The smallest absolute Gasteiger partial charge is 0.404 e. The largest absolute Gasteiger partial charge is 0.465 e. The molecule has 0 aliphatic carbocycles. The lowest BCUT2D eigenvalue weighted by Gasteiger charge is -2.03. The highest BCUT2D eigenvalue weighted by Crippen LogP contribution is 2.31. The lowest BCUT2D eigenvalue weighted by Crippen LogP contribution is -2.25. The summed E-state index contributed by atoms with van der Waals surface area (Å²) in [6, 6.07) is 6.56. The third kappa shape index (κ3) is 1.67. The van der Waals surface area contributed by atoms with Crippen LogP contribution < -0.4 is 5.32 Å². The van der Waals surface area contributed by atoms with Crippen molar-refractivity contribution in [1.82, 2.24) is 5.32 Å². The van der Waals surface area contributed by atoms with Crippen molar-refractivity contribution in [3.05, 3.63) is 34.7 Å². The number of carboxylic acid groups (broad SMARTS) is 1. The highest BCUT2D eigenvalue weighted by atomic mass is 32.2. The second kappa shape index (κ2) is 3.64. The number of rotatable bonds is 2. The molecule has 0 saturated heterocycles. The molecule has 1 heterocycles. The Morgan fingerprint density at radius 2 is 2.00 bits per heavy atom. The Balaban J connectivity index is 2.36. The third-order valence-electron chi connectivity index (χ3n) is 2.28. The summed E-state index contributed by atoms with van der Waals surface area (Å²) >= 11 is 0. The van der Waals surface area contributed by atoms with Gasteiger partial charge < -0.3 is 10.4 Å². The minimum atomic E-state index is -3.51. The van der Waals surface area contributed by atoms with Gasteiger partial charge in [-0.05, 0) is 17.7 Å². The van der Waals surface area contributed by atoms with E-state index >= 15 is 0 Å². The van der Waals surface area contributed by atoms with E-state index in [1.54, 1.807) is 18.2 Å². The fraction of sp³-hybridized carbons (Fsp3) is 0.100. The quantitative estimate of drug-likeness (QED) is 0.809. The zero-order chi connectivity index (χ0) is 11.8. The third-order valence-corrected chi connectivity index (χ3v) is 4.19. The first-order valence-corrected chi connectivity index (χ1v) is 6.01. The summed E-state index contributed by atoms with van der Waals surface area (Å²) in [6.45, 7) is -0.202. The van der Waals surface area contributed by atoms with Crippen molar-refractivity contribution in [2.24, 2.45) is 0 Å². The van der Waals surface area contributed by atoms with Crippen LogP contribution in [0.3, 0.4) is 0 Å². The Labute approximate surface area is 92.3 Å². The number of sulfone groups is 1. The first-order chi connectivity index (χ1) is 7.51. The number of hydrogen-bond donors (Lipinski definition) is 2. The van der Waals surface area contributed by atoms with E-state index in [0.717, 1.165) is 0 Å². The molecule has 1 aromatic carbocycles. The van der Waals surface area contributed by atoms with Crippen molar-refractivity contribution in [2.45, 2.75) is 4.90 Å². The molecule has 1 aromatic rings. The normalized spacial score (nSPS) is 16.4. The topological polar surface area (TPSA) is 83.5 Å². The van der Waals surface area contributed by atoms with Crippen molar-refractivity contribution < 1.29 is 18.3 Å². The van der Waals surface area contributed by atoms with Crippen LogP contribution in [0.1, 0.15) is 5.56 Å². The van der Waals surface area contributed by atoms with Gasteiger partial charge in [0.05, 0.1) is 16.3 Å². The average molecular weight is 239 g/mol. The van der Waals surface area contributed by atoms with Crippen LogP contribution in [-0.2, 0) is 9.84 Å². The van der Waals surface area contributed by atoms with Gasteiger partial charge in [-0.2, -0.15) is 0 Å². The highest BCUT2D eigenvalue weighted by molar-refractivity contribution is 7.95. The van der Waals surface area contributed by atoms with Crippen LogP contribution in [-0.4, -0.2) is 26.2 Å². The number of amides is 1. The molecule has 16 heavy (non-hydrogen) atoms. The molecule has 1 aliphatic heterocycles. The molecule has 1 aliphatic rings. The molecular formula is C10H9NO4S. The van der Waals surface area contributed by atoms with Crippen molar-refractivity contribution in [3.63, 3.8) is 0 Å². The molecule has 0 aromatic heterocycles. The molecule has 2 rings (SSSR count). The zero-order valence-corrected chi connectivity index (χ0v) is 8.99. The number of benzene rings is 1. The van der Waals surface area contributed by atoms with E-state index in [-0.39, 0.29) is 16.3 Å². The van der Waals surface area contributed by atoms with Crippen molar-refractivity contribution in [1.29, 1.82) is 0 Å². The number of nitrogens with one attached hydrogen (secondary N) is 1. The van der Waals surface area contributed by atoms with Gasteiger partial charge in [0.25, 0.3) is 0 Å². The standard InChI is InChI=1S/C10H9NO4S/c12-10(13)11-6-8-5-7-3-1-2-4-9(7)16(8,14)15/h1-5,11H,6H2,(H,12,13). The first kappa shape index (κ1) is 10.7. The summed E-state index contributed by atoms with van der Waals surface area (Å²) < 4.78 is 23.8. The van der Waals surface area contributed by atoms with Crippen LogP contribution in [0.4, 0.5) is 4.79 Å². The van der Waals surface area contributed by atoms with Crippen LogP contribution in [0.5, 0.6) is 0 Å². The number of carbonyl (C=O) groups is 1. The second-order valence-corrected chi connectivity index (χ2v) is 5.28. The number of fused-ring (bicyclic) bond motifs is 1. The Hall–Kier alpha value is -1.82. The Morgan fingerprint density at radius 1 is 1.31 bits per heavy atom. The van der Waals surface area contributed by atoms with Gasteiger partial charge in [0.15, 0.2) is 0 Å². The SMILES string of the molecule is O=C(O)NCC1=Cc2ccccc2S1(=O)=O. The van der Waals surface area contributed by atoms with E-state index in [0.29, 0.717) is 5.56 Å². The van der Waals surface area contributed by atoms with Gasteiger partial charge in [-0.15, -0.1) is 0 Å². The Bertz CT molecular complexity index is 574. The molecule has 0 spiro atoms. The highest BCUT2D eigenvalue weighted by Gasteiger charge is 2.28. The van der Waals surface area contributed by atoms with Gasteiger partial charge in [0.2, 0.25) is 9.84 Å². The van der Waals surface area contributed by atoms with Crippen molar-refractivity contribution >= 4 is 22.0 Å². The molecule has 84 valence electrons. The average Bonchev–Trinajstić information content (AvgIpc) is 2.48. The minimum absolute atomic E-state index is 0.0797. The van der Waals surface area contributed by atoms with Crippen molar-refractivity contribution in [2.75, 3.05) is 6.54 Å². The van der Waals surface area contributed by atoms with E-state index < -0.39 is 15.9 Å². The zero-order valence-electron chi connectivity index (χ0n) is 8.17. The van der Waals surface area contributed by atoms with Crippen LogP contribution in [0.25, 0.3) is 6.08 Å². The molecule has 0 fully saturated rings. The lowest BCUT2D eigenvalue weighted by atomic mass is 10.2. The summed E-state index contributed by atoms with van der Waals surface area (Å²) in [7, 11) is -3.51. The Morgan fingerprint density at radius 3 is 2.62 bits per heavy atom. The summed E-state index contributed by atoms with van der Waals surface area (Å²) in [4.78, 5) is 10.6. The lowest BCUT2D eigenvalue weighted by molar-refractivity contribution is 0.195. The summed E-state index contributed by atoms with van der Waals surface area (Å²) in [6.07, 6.45) is 0.243. The monoisotopic (exact) mass is 239 g/mol. The molecule has 0 unspecified atom stereocenters. The molecule has 0 atom stereocenters. The fourth-order valence-electron chi connectivity index (χ4n) is 1.55. The fourth-order valence-corrected chi connectivity index (χ4v) is 3.07. The van der Waals surface area contributed by atoms with Crippen LogP contribution >= 0.6 is 0 Å². The molecule has 5 nitrogen and oxygen atoms in total. The second-order valence-electron chi connectivity index (χ2n) is 3.31. The summed E-state index contributed by atoms with van der Waals surface area (Å²) in [5, 5.41) is 10.5. The van der Waals surface area contributed by atoms with Gasteiger partial charge in [-0.3, -0.25) is 0 Å². The summed E-state index contributed by atoms with van der Waals surface area (Å²) in [5.74, 6) is 0. The predicted molar refractivity (Wildman–Crippen MR) is 57.6 cm³/mol. The van der Waals surface area contributed by atoms with Gasteiger partial charge in [-0.25, -0.2) is 13.2 Å². The maximum Gasteiger partial charge on any atom is 0.404 e. The van der Waals surface area contributed by atoms with Gasteiger partial charge in [-0.1, -0.05) is 18.2 Å². The minimum Gasteiger partial charge on any atom is -0.465 e. The summed E-state index contributed by atoms with van der Waals surface area (Å²) in [5.41, 5.74) is 0.602.